The van der Waals surface area contributed by atoms with Crippen molar-refractivity contribution in [3.8, 4) is 11.8 Å². The molecule has 0 atom stereocenters. The molecule has 0 unspecified atom stereocenters. The number of carbonyl (C=O) groups excluding carboxylic acids is 2. The SMILES string of the molecule is O=CCCCCCCCCC#Cc1ccc(COC=O)cc1. The van der Waals surface area contributed by atoms with Gasteiger partial charge >= 0.3 is 0 Å². The molecule has 1 rings (SSSR count). The van der Waals surface area contributed by atoms with Crippen molar-refractivity contribution in [2.24, 2.45) is 0 Å². The molecular weight excluding hydrogens is 276 g/mol. The smallest absolute Gasteiger partial charge is 0.293 e. The Morgan fingerprint density at radius 2 is 1.59 bits per heavy atom. The van der Waals surface area contributed by atoms with Gasteiger partial charge in [-0.15, -0.1) is 0 Å². The lowest BCUT2D eigenvalue weighted by molar-refractivity contribution is -0.129. The highest BCUT2D eigenvalue weighted by molar-refractivity contribution is 5.48. The lowest BCUT2D eigenvalue weighted by Crippen LogP contribution is -1.89. The molecule has 0 saturated heterocycles. The Labute approximate surface area is 133 Å². The fraction of sp³-hybridized carbons (Fsp3) is 0.474. The second kappa shape index (κ2) is 12.6. The third-order valence-electron chi connectivity index (χ3n) is 3.38. The van der Waals surface area contributed by atoms with Gasteiger partial charge in [0, 0.05) is 18.4 Å². The molecule has 3 heteroatoms. The highest BCUT2D eigenvalue weighted by Crippen LogP contribution is 2.08. The van der Waals surface area contributed by atoms with E-state index in [9.17, 15) is 9.59 Å². The molecule has 0 aliphatic carbocycles. The predicted octanol–water partition coefficient (Wildman–Crippen LogP) is 4.03. The second-order valence-corrected chi connectivity index (χ2v) is 5.23. The summed E-state index contributed by atoms with van der Waals surface area (Å²) in [4.78, 5) is 20.3. The van der Waals surface area contributed by atoms with Crippen LogP contribution >= 0.6 is 0 Å². The van der Waals surface area contributed by atoms with Gasteiger partial charge in [-0.2, -0.15) is 0 Å². The molecule has 0 spiro atoms. The molecule has 0 aromatic heterocycles. The normalized spacial score (nSPS) is 9.64. The van der Waals surface area contributed by atoms with Crippen molar-refractivity contribution in [2.75, 3.05) is 0 Å². The fourth-order valence-electron chi connectivity index (χ4n) is 2.13. The molecule has 22 heavy (non-hydrogen) atoms. The van der Waals surface area contributed by atoms with E-state index in [1.54, 1.807) is 0 Å². The summed E-state index contributed by atoms with van der Waals surface area (Å²) < 4.78 is 4.69. The summed E-state index contributed by atoms with van der Waals surface area (Å²) in [6.07, 6.45) is 9.58. The summed E-state index contributed by atoms with van der Waals surface area (Å²) in [5, 5.41) is 0. The Morgan fingerprint density at radius 3 is 2.27 bits per heavy atom. The number of unbranched alkanes of at least 4 members (excludes halogenated alkanes) is 7. The Bertz CT molecular complexity index is 480. The zero-order valence-electron chi connectivity index (χ0n) is 13.1. The summed E-state index contributed by atoms with van der Waals surface area (Å²) in [5.41, 5.74) is 1.95. The number of rotatable bonds is 11. The van der Waals surface area contributed by atoms with E-state index in [1.807, 2.05) is 24.3 Å². The van der Waals surface area contributed by atoms with Crippen molar-refractivity contribution in [2.45, 2.75) is 58.0 Å². The summed E-state index contributed by atoms with van der Waals surface area (Å²) in [7, 11) is 0. The van der Waals surface area contributed by atoms with Crippen LogP contribution in [0.25, 0.3) is 0 Å². The average Bonchev–Trinajstić information content (AvgIpc) is 2.56. The quantitative estimate of drug-likeness (QED) is 0.352. The molecule has 1 aromatic rings. The van der Waals surface area contributed by atoms with Crippen molar-refractivity contribution in [3.05, 3.63) is 35.4 Å². The van der Waals surface area contributed by atoms with E-state index in [2.05, 4.69) is 11.8 Å². The zero-order chi connectivity index (χ0) is 15.9. The van der Waals surface area contributed by atoms with Crippen LogP contribution in [0.4, 0.5) is 0 Å². The van der Waals surface area contributed by atoms with Gasteiger partial charge in [0.05, 0.1) is 0 Å². The van der Waals surface area contributed by atoms with E-state index in [0.717, 1.165) is 43.1 Å². The number of hydrogen-bond acceptors (Lipinski definition) is 3. The molecular formula is C19H24O3. The third kappa shape index (κ3) is 8.97. The average molecular weight is 300 g/mol. The van der Waals surface area contributed by atoms with Crippen molar-refractivity contribution in [1.82, 2.24) is 0 Å². The first-order valence-electron chi connectivity index (χ1n) is 7.93. The first kappa shape index (κ1) is 18.0. The number of carbonyl (C=O) groups is 2. The van der Waals surface area contributed by atoms with Crippen LogP contribution in [0.5, 0.6) is 0 Å². The van der Waals surface area contributed by atoms with Gasteiger partial charge in [-0.05, 0) is 30.5 Å². The summed E-state index contributed by atoms with van der Waals surface area (Å²) in [6.45, 7) is 0.764. The molecule has 3 nitrogen and oxygen atoms in total. The summed E-state index contributed by atoms with van der Waals surface area (Å²) >= 11 is 0. The molecule has 0 fully saturated rings. The molecule has 118 valence electrons. The van der Waals surface area contributed by atoms with E-state index in [0.29, 0.717) is 19.5 Å². The molecule has 0 aliphatic heterocycles. The van der Waals surface area contributed by atoms with Crippen molar-refractivity contribution < 1.29 is 14.3 Å². The first-order valence-corrected chi connectivity index (χ1v) is 7.93. The largest absolute Gasteiger partial charge is 0.463 e. The minimum absolute atomic E-state index is 0.310. The maximum Gasteiger partial charge on any atom is 0.293 e. The Kier molecular flexibility index (Phi) is 10.3. The van der Waals surface area contributed by atoms with Crippen LogP contribution < -0.4 is 0 Å². The molecule has 1 aromatic carbocycles. The van der Waals surface area contributed by atoms with Crippen molar-refractivity contribution >= 4 is 12.8 Å². The van der Waals surface area contributed by atoms with Crippen LogP contribution in [0, 0.1) is 11.8 Å². The Balaban J connectivity index is 2.11. The van der Waals surface area contributed by atoms with Crippen molar-refractivity contribution in [1.29, 1.82) is 0 Å². The number of benzene rings is 1. The molecule has 0 radical (unpaired) electrons. The Morgan fingerprint density at radius 1 is 0.909 bits per heavy atom. The van der Waals surface area contributed by atoms with Crippen LogP contribution in [0.2, 0.25) is 0 Å². The van der Waals surface area contributed by atoms with E-state index >= 15 is 0 Å². The van der Waals surface area contributed by atoms with E-state index in [1.165, 1.54) is 19.3 Å². The monoisotopic (exact) mass is 300 g/mol. The lowest BCUT2D eigenvalue weighted by Gasteiger charge is -1.99. The molecule has 0 bridgehead atoms. The van der Waals surface area contributed by atoms with Crippen LogP contribution in [-0.4, -0.2) is 12.8 Å². The Hall–Kier alpha value is -2.08. The third-order valence-corrected chi connectivity index (χ3v) is 3.38. The number of hydrogen-bond donors (Lipinski definition) is 0. The molecule has 0 heterocycles. The molecule has 0 amide bonds. The standard InChI is InChI=1S/C19H24O3/c20-15-9-7-5-3-1-2-4-6-8-10-18-11-13-19(14-12-18)16-22-17-21/h11-15,17H,1-7,9,16H2. The maximum absolute atomic E-state index is 10.2. The van der Waals surface area contributed by atoms with Crippen LogP contribution in [-0.2, 0) is 20.9 Å². The predicted molar refractivity (Wildman–Crippen MR) is 87.2 cm³/mol. The minimum atomic E-state index is 0.310. The zero-order valence-corrected chi connectivity index (χ0v) is 13.1. The van der Waals surface area contributed by atoms with E-state index in [4.69, 9.17) is 4.74 Å². The highest BCUT2D eigenvalue weighted by atomic mass is 16.5. The van der Waals surface area contributed by atoms with Crippen LogP contribution in [0.15, 0.2) is 24.3 Å². The molecule has 0 saturated carbocycles. The van der Waals surface area contributed by atoms with Gasteiger partial charge in [-0.25, -0.2) is 0 Å². The lowest BCUT2D eigenvalue weighted by atomic mass is 10.1. The van der Waals surface area contributed by atoms with Gasteiger partial charge in [0.2, 0.25) is 0 Å². The van der Waals surface area contributed by atoms with E-state index < -0.39 is 0 Å². The minimum Gasteiger partial charge on any atom is -0.463 e. The first-order chi connectivity index (χ1) is 10.9. The van der Waals surface area contributed by atoms with E-state index in [-0.39, 0.29) is 0 Å². The van der Waals surface area contributed by atoms with Gasteiger partial charge < -0.3 is 9.53 Å². The van der Waals surface area contributed by atoms with Gasteiger partial charge in [0.15, 0.2) is 0 Å². The maximum atomic E-state index is 10.2. The van der Waals surface area contributed by atoms with Gasteiger partial charge in [-0.3, -0.25) is 4.79 Å². The topological polar surface area (TPSA) is 43.4 Å². The van der Waals surface area contributed by atoms with Gasteiger partial charge in [0.25, 0.3) is 6.47 Å². The van der Waals surface area contributed by atoms with Crippen molar-refractivity contribution in [3.63, 3.8) is 0 Å². The summed E-state index contributed by atoms with van der Waals surface area (Å²) in [5.74, 6) is 6.34. The van der Waals surface area contributed by atoms with Gasteiger partial charge in [0.1, 0.15) is 12.9 Å². The molecule has 0 N–H and O–H groups in total. The van der Waals surface area contributed by atoms with Gasteiger partial charge in [-0.1, -0.05) is 49.7 Å². The second-order valence-electron chi connectivity index (χ2n) is 5.23. The van der Waals surface area contributed by atoms with Crippen LogP contribution in [0.1, 0.15) is 62.5 Å². The number of ether oxygens (including phenoxy) is 1. The fourth-order valence-corrected chi connectivity index (χ4v) is 2.13. The summed E-state index contributed by atoms with van der Waals surface area (Å²) in [6, 6.07) is 7.74. The molecule has 0 aliphatic rings. The highest BCUT2D eigenvalue weighted by Gasteiger charge is 1.93. The number of aldehydes is 1. The van der Waals surface area contributed by atoms with Crippen LogP contribution in [0.3, 0.4) is 0 Å².